The normalized spacial score (nSPS) is 10.7. The molecule has 0 spiro atoms. The van der Waals surface area contributed by atoms with Crippen LogP contribution in [0.3, 0.4) is 0 Å². The lowest BCUT2D eigenvalue weighted by Crippen LogP contribution is -2.40. The molecule has 1 N–H and O–H groups in total. The first kappa shape index (κ1) is 25.4. The van der Waals surface area contributed by atoms with Crippen molar-refractivity contribution in [3.05, 3.63) is 82.3 Å². The largest absolute Gasteiger partial charge is 0.493 e. The average molecular weight is 505 g/mol. The molecule has 0 aliphatic carbocycles. The Morgan fingerprint density at radius 1 is 0.892 bits per heavy atom. The molecule has 37 heavy (non-hydrogen) atoms. The third-order valence-electron chi connectivity index (χ3n) is 5.94. The molecule has 0 radical (unpaired) electrons. The number of aromatic carboxylic acids is 1. The van der Waals surface area contributed by atoms with Crippen LogP contribution in [0, 0.1) is 0 Å². The summed E-state index contributed by atoms with van der Waals surface area (Å²) in [5.41, 5.74) is 1.09. The van der Waals surface area contributed by atoms with E-state index in [1.165, 1.54) is 26.3 Å². The van der Waals surface area contributed by atoms with E-state index in [4.69, 9.17) is 18.9 Å². The number of nitrogens with zero attached hydrogens (tertiary/aromatic N) is 2. The van der Waals surface area contributed by atoms with E-state index in [2.05, 4.69) is 0 Å². The van der Waals surface area contributed by atoms with Crippen molar-refractivity contribution in [3.63, 3.8) is 0 Å². The quantitative estimate of drug-likeness (QED) is 0.363. The Labute approximate surface area is 214 Å². The van der Waals surface area contributed by atoms with Crippen molar-refractivity contribution in [1.82, 2.24) is 4.68 Å². The molecule has 0 unspecified atom stereocenters. The molecule has 0 aliphatic rings. The highest BCUT2D eigenvalue weighted by Crippen LogP contribution is 2.43. The SMILES string of the molecule is COc1cc(-c2c(C(=O)O)n(N(C)C)c(=O)c3cc(OCc4ccccc4)ccc23)cc(OC)c1OC. The van der Waals surface area contributed by atoms with E-state index < -0.39 is 11.5 Å². The van der Waals surface area contributed by atoms with Gasteiger partial charge in [-0.25, -0.2) is 9.47 Å². The minimum atomic E-state index is -1.26. The predicted octanol–water partition coefficient (Wildman–Crippen LogP) is 4.17. The average Bonchev–Trinajstić information content (AvgIpc) is 2.91. The van der Waals surface area contributed by atoms with Crippen molar-refractivity contribution in [3.8, 4) is 34.1 Å². The first-order valence-corrected chi connectivity index (χ1v) is 11.4. The number of hydrogen-bond acceptors (Lipinski definition) is 7. The standard InChI is InChI=1S/C28H28N2O7/c1-29(2)30-25(28(32)33)24(18-13-22(34-3)26(36-5)23(14-18)35-4)20-12-11-19(15-21(20)27(30)31)37-16-17-9-7-6-8-10-17/h6-15H,16H2,1-5H3,(H,32,33). The van der Waals surface area contributed by atoms with Gasteiger partial charge in [0.05, 0.1) is 26.7 Å². The molecule has 1 aromatic heterocycles. The molecule has 0 saturated carbocycles. The van der Waals surface area contributed by atoms with Gasteiger partial charge in [0.1, 0.15) is 12.4 Å². The smallest absolute Gasteiger partial charge is 0.355 e. The summed E-state index contributed by atoms with van der Waals surface area (Å²) in [5, 5.41) is 12.4. The van der Waals surface area contributed by atoms with Gasteiger partial charge in [0.25, 0.3) is 5.56 Å². The third-order valence-corrected chi connectivity index (χ3v) is 5.94. The van der Waals surface area contributed by atoms with Crippen LogP contribution < -0.4 is 29.5 Å². The molecule has 0 saturated heterocycles. The number of carboxylic acid groups (broad SMARTS) is 1. The number of methoxy groups -OCH3 is 3. The van der Waals surface area contributed by atoms with Crippen LogP contribution in [0.15, 0.2) is 65.5 Å². The number of carbonyl (C=O) groups is 1. The number of benzene rings is 3. The zero-order chi connectivity index (χ0) is 26.7. The molecule has 0 fully saturated rings. The molecule has 192 valence electrons. The van der Waals surface area contributed by atoms with Crippen LogP contribution in [0.25, 0.3) is 21.9 Å². The molecule has 4 rings (SSSR count). The van der Waals surface area contributed by atoms with Crippen molar-refractivity contribution >= 4 is 16.7 Å². The van der Waals surface area contributed by atoms with Gasteiger partial charge in [0.15, 0.2) is 17.2 Å². The van der Waals surface area contributed by atoms with Crippen molar-refractivity contribution in [2.24, 2.45) is 0 Å². The van der Waals surface area contributed by atoms with Gasteiger partial charge in [-0.15, -0.1) is 0 Å². The highest BCUT2D eigenvalue weighted by atomic mass is 16.5. The molecule has 9 heteroatoms. The molecular weight excluding hydrogens is 476 g/mol. The van der Waals surface area contributed by atoms with Gasteiger partial charge in [-0.05, 0) is 46.8 Å². The number of rotatable bonds is 9. The summed E-state index contributed by atoms with van der Waals surface area (Å²) in [4.78, 5) is 26.2. The summed E-state index contributed by atoms with van der Waals surface area (Å²) in [6, 6.07) is 18.0. The summed E-state index contributed by atoms with van der Waals surface area (Å²) in [5.74, 6) is 0.296. The second kappa shape index (κ2) is 10.5. The third kappa shape index (κ3) is 4.75. The lowest BCUT2D eigenvalue weighted by atomic mass is 9.96. The molecule has 0 atom stereocenters. The minimum Gasteiger partial charge on any atom is -0.493 e. The Morgan fingerprint density at radius 3 is 2.08 bits per heavy atom. The lowest BCUT2D eigenvalue weighted by Gasteiger charge is -2.23. The van der Waals surface area contributed by atoms with Crippen LogP contribution in [0.5, 0.6) is 23.0 Å². The summed E-state index contributed by atoms with van der Waals surface area (Å²) >= 11 is 0. The summed E-state index contributed by atoms with van der Waals surface area (Å²) in [6.45, 7) is 0.321. The van der Waals surface area contributed by atoms with Crippen molar-refractivity contribution in [2.75, 3.05) is 40.4 Å². The number of ether oxygens (including phenoxy) is 4. The van der Waals surface area contributed by atoms with Crippen LogP contribution in [0.2, 0.25) is 0 Å². The predicted molar refractivity (Wildman–Crippen MR) is 141 cm³/mol. The van der Waals surface area contributed by atoms with Crippen LogP contribution in [-0.4, -0.2) is 51.2 Å². The summed E-state index contributed by atoms with van der Waals surface area (Å²) in [7, 11) is 7.66. The Kier molecular flexibility index (Phi) is 7.24. The van der Waals surface area contributed by atoms with E-state index in [0.29, 0.717) is 51.5 Å². The Hall–Kier alpha value is -4.66. The fourth-order valence-electron chi connectivity index (χ4n) is 4.29. The molecule has 0 aliphatic heterocycles. The van der Waals surface area contributed by atoms with Gasteiger partial charge in [-0.2, -0.15) is 0 Å². The lowest BCUT2D eigenvalue weighted by molar-refractivity contribution is 0.0684. The first-order chi connectivity index (χ1) is 17.8. The molecular formula is C28H28N2O7. The number of carboxylic acids is 1. The molecule has 4 aromatic rings. The van der Waals surface area contributed by atoms with E-state index in [9.17, 15) is 14.7 Å². The van der Waals surface area contributed by atoms with E-state index in [0.717, 1.165) is 10.2 Å². The van der Waals surface area contributed by atoms with Crippen LogP contribution >= 0.6 is 0 Å². The summed E-state index contributed by atoms with van der Waals surface area (Å²) in [6.07, 6.45) is 0. The molecule has 1 heterocycles. The second-order valence-electron chi connectivity index (χ2n) is 8.39. The highest BCUT2D eigenvalue weighted by molar-refractivity contribution is 6.07. The van der Waals surface area contributed by atoms with E-state index >= 15 is 0 Å². The van der Waals surface area contributed by atoms with Crippen LogP contribution in [0.1, 0.15) is 16.1 Å². The molecule has 9 nitrogen and oxygen atoms in total. The maximum absolute atomic E-state index is 13.6. The monoisotopic (exact) mass is 504 g/mol. The van der Waals surface area contributed by atoms with Gasteiger partial charge in [0.2, 0.25) is 5.75 Å². The fraction of sp³-hybridized carbons (Fsp3) is 0.214. The molecule has 0 bridgehead atoms. The molecule has 3 aromatic carbocycles. The maximum Gasteiger partial charge on any atom is 0.355 e. The second-order valence-corrected chi connectivity index (χ2v) is 8.39. The number of fused-ring (bicyclic) bond motifs is 1. The van der Waals surface area contributed by atoms with Gasteiger partial charge in [0, 0.05) is 19.7 Å². The number of pyridine rings is 1. The van der Waals surface area contributed by atoms with Crippen molar-refractivity contribution < 1.29 is 28.8 Å². The van der Waals surface area contributed by atoms with E-state index in [1.807, 2.05) is 30.3 Å². The van der Waals surface area contributed by atoms with Crippen LogP contribution in [0.4, 0.5) is 0 Å². The van der Waals surface area contributed by atoms with Crippen molar-refractivity contribution in [1.29, 1.82) is 0 Å². The molecule has 0 amide bonds. The van der Waals surface area contributed by atoms with Gasteiger partial charge < -0.3 is 29.1 Å². The Bertz CT molecular complexity index is 1490. The minimum absolute atomic E-state index is 0.199. The zero-order valence-corrected chi connectivity index (χ0v) is 21.3. The van der Waals surface area contributed by atoms with Crippen molar-refractivity contribution in [2.45, 2.75) is 6.61 Å². The van der Waals surface area contributed by atoms with Crippen LogP contribution in [-0.2, 0) is 6.61 Å². The highest BCUT2D eigenvalue weighted by Gasteiger charge is 2.26. The van der Waals surface area contributed by atoms with E-state index in [-0.39, 0.29) is 5.69 Å². The van der Waals surface area contributed by atoms with Gasteiger partial charge in [-0.1, -0.05) is 30.3 Å². The Balaban J connectivity index is 2.01. The summed E-state index contributed by atoms with van der Waals surface area (Å²) < 4.78 is 23.5. The fourth-order valence-corrected chi connectivity index (χ4v) is 4.29. The van der Waals surface area contributed by atoms with Gasteiger partial charge in [-0.3, -0.25) is 4.79 Å². The first-order valence-electron chi connectivity index (χ1n) is 11.4. The van der Waals surface area contributed by atoms with E-state index in [1.54, 1.807) is 44.4 Å². The zero-order valence-electron chi connectivity index (χ0n) is 21.3. The topological polar surface area (TPSA) is 99.5 Å². The number of aromatic nitrogens is 1. The van der Waals surface area contributed by atoms with Gasteiger partial charge >= 0.3 is 5.97 Å². The maximum atomic E-state index is 13.6. The number of hydrogen-bond donors (Lipinski definition) is 1. The Morgan fingerprint density at radius 2 is 1.54 bits per heavy atom.